The van der Waals surface area contributed by atoms with E-state index in [1.807, 2.05) is 0 Å². The molecule has 1 atom stereocenters. The predicted molar refractivity (Wildman–Crippen MR) is 56.9 cm³/mol. The van der Waals surface area contributed by atoms with Crippen molar-refractivity contribution in [3.63, 3.8) is 0 Å². The average Bonchev–Trinajstić information content (AvgIpc) is 2.03. The van der Waals surface area contributed by atoms with Gasteiger partial charge in [0.25, 0.3) is 0 Å². The largest absolute Gasteiger partial charge is 0.368 e. The zero-order chi connectivity index (χ0) is 10.0. The molecule has 1 rings (SSSR count). The van der Waals surface area contributed by atoms with Crippen LogP contribution in [-0.4, -0.2) is 5.91 Å². The molecule has 1 unspecified atom stereocenters. The molecule has 0 fully saturated rings. The van der Waals surface area contributed by atoms with E-state index in [1.54, 1.807) is 18.2 Å². The predicted octanol–water partition coefficient (Wildman–Crippen LogP) is 2.87. The zero-order valence-corrected chi connectivity index (χ0v) is 9.53. The van der Waals surface area contributed by atoms with Crippen molar-refractivity contribution in [1.82, 2.24) is 0 Å². The Bertz CT molecular complexity index is 343. The molecule has 0 aliphatic heterocycles. The van der Waals surface area contributed by atoms with Gasteiger partial charge in [-0.15, -0.1) is 11.6 Å². The van der Waals surface area contributed by atoms with Gasteiger partial charge in [-0.05, 0) is 17.7 Å². The lowest BCUT2D eigenvalue weighted by atomic mass is 10.1. The van der Waals surface area contributed by atoms with Crippen LogP contribution in [0.1, 0.15) is 10.9 Å². The number of alkyl halides is 1. The summed E-state index contributed by atoms with van der Waals surface area (Å²) in [6, 6.07) is 4.98. The lowest BCUT2D eigenvalue weighted by Gasteiger charge is -2.07. The summed E-state index contributed by atoms with van der Waals surface area (Å²) >= 11 is 14.7. The SMILES string of the molecule is NC(=O)C(Cl)c1ccc(Cl)cc1Br. The highest BCUT2D eigenvalue weighted by Crippen LogP contribution is 2.29. The van der Waals surface area contributed by atoms with Crippen LogP contribution in [0.5, 0.6) is 0 Å². The first-order valence-corrected chi connectivity index (χ1v) is 5.01. The number of carbonyl (C=O) groups excluding carboxylic acids is 1. The maximum absolute atomic E-state index is 10.8. The van der Waals surface area contributed by atoms with Crippen LogP contribution in [0.4, 0.5) is 0 Å². The second-order valence-corrected chi connectivity index (χ2v) is 4.16. The fourth-order valence-corrected chi connectivity index (χ4v) is 2.09. The van der Waals surface area contributed by atoms with E-state index in [0.29, 0.717) is 15.1 Å². The summed E-state index contributed by atoms with van der Waals surface area (Å²) in [5.74, 6) is -0.579. The normalized spacial score (nSPS) is 12.5. The molecule has 0 bridgehead atoms. The van der Waals surface area contributed by atoms with Gasteiger partial charge in [0.2, 0.25) is 5.91 Å². The van der Waals surface area contributed by atoms with Crippen molar-refractivity contribution in [3.05, 3.63) is 33.3 Å². The van der Waals surface area contributed by atoms with E-state index in [4.69, 9.17) is 28.9 Å². The lowest BCUT2D eigenvalue weighted by Crippen LogP contribution is -2.17. The first-order valence-electron chi connectivity index (χ1n) is 3.40. The van der Waals surface area contributed by atoms with Gasteiger partial charge in [0.15, 0.2) is 0 Å². The molecule has 0 spiro atoms. The van der Waals surface area contributed by atoms with Crippen LogP contribution in [0.15, 0.2) is 22.7 Å². The Balaban J connectivity index is 3.08. The van der Waals surface area contributed by atoms with Crippen LogP contribution in [0.25, 0.3) is 0 Å². The highest BCUT2D eigenvalue weighted by atomic mass is 79.9. The summed E-state index contributed by atoms with van der Waals surface area (Å²) in [5, 5.41) is -0.254. The number of primary amides is 1. The molecule has 0 aromatic heterocycles. The highest BCUT2D eigenvalue weighted by Gasteiger charge is 2.16. The minimum Gasteiger partial charge on any atom is -0.368 e. The van der Waals surface area contributed by atoms with Crippen molar-refractivity contribution < 1.29 is 4.79 Å². The molecule has 70 valence electrons. The van der Waals surface area contributed by atoms with Gasteiger partial charge in [-0.1, -0.05) is 33.6 Å². The van der Waals surface area contributed by atoms with Crippen LogP contribution in [0.2, 0.25) is 5.02 Å². The summed E-state index contributed by atoms with van der Waals surface area (Å²) in [7, 11) is 0. The molecular weight excluding hydrogens is 277 g/mol. The topological polar surface area (TPSA) is 43.1 Å². The Labute approximate surface area is 94.1 Å². The minimum atomic E-state index is -0.827. The molecule has 0 aliphatic carbocycles. The van der Waals surface area contributed by atoms with E-state index < -0.39 is 11.3 Å². The van der Waals surface area contributed by atoms with Crippen molar-refractivity contribution in [3.8, 4) is 0 Å². The third-order valence-corrected chi connectivity index (χ3v) is 2.86. The molecule has 13 heavy (non-hydrogen) atoms. The number of rotatable bonds is 2. The van der Waals surface area contributed by atoms with E-state index in [0.717, 1.165) is 0 Å². The van der Waals surface area contributed by atoms with E-state index in [-0.39, 0.29) is 0 Å². The van der Waals surface area contributed by atoms with Gasteiger partial charge in [0.05, 0.1) is 0 Å². The molecule has 0 saturated heterocycles. The Kier molecular flexibility index (Phi) is 3.59. The highest BCUT2D eigenvalue weighted by molar-refractivity contribution is 9.10. The molecule has 2 N–H and O–H groups in total. The summed E-state index contributed by atoms with van der Waals surface area (Å²) in [6.45, 7) is 0. The standard InChI is InChI=1S/C8H6BrCl2NO/c9-6-3-4(10)1-2-5(6)7(11)8(12)13/h1-3,7H,(H2,12,13). The molecule has 0 aliphatic rings. The monoisotopic (exact) mass is 281 g/mol. The smallest absolute Gasteiger partial charge is 0.240 e. The molecule has 1 amide bonds. The Hall–Kier alpha value is -0.250. The number of nitrogens with two attached hydrogens (primary N) is 1. The molecule has 0 radical (unpaired) electrons. The zero-order valence-electron chi connectivity index (χ0n) is 6.43. The van der Waals surface area contributed by atoms with Gasteiger partial charge in [0.1, 0.15) is 5.38 Å². The van der Waals surface area contributed by atoms with Crippen molar-refractivity contribution in [2.24, 2.45) is 5.73 Å². The van der Waals surface area contributed by atoms with Gasteiger partial charge in [-0.25, -0.2) is 0 Å². The summed E-state index contributed by atoms with van der Waals surface area (Å²) in [6.07, 6.45) is 0. The van der Waals surface area contributed by atoms with E-state index >= 15 is 0 Å². The van der Waals surface area contributed by atoms with Crippen LogP contribution < -0.4 is 5.73 Å². The van der Waals surface area contributed by atoms with Gasteiger partial charge in [-0.3, -0.25) is 4.79 Å². The van der Waals surface area contributed by atoms with Crippen molar-refractivity contribution in [2.75, 3.05) is 0 Å². The number of hydrogen-bond donors (Lipinski definition) is 1. The van der Waals surface area contributed by atoms with Gasteiger partial charge >= 0.3 is 0 Å². The van der Waals surface area contributed by atoms with Crippen molar-refractivity contribution >= 4 is 45.0 Å². The molecule has 0 heterocycles. The molecule has 1 aromatic carbocycles. The maximum Gasteiger partial charge on any atom is 0.240 e. The van der Waals surface area contributed by atoms with E-state index in [9.17, 15) is 4.79 Å². The number of amides is 1. The number of benzene rings is 1. The Morgan fingerprint density at radius 3 is 2.62 bits per heavy atom. The van der Waals surface area contributed by atoms with Crippen LogP contribution in [0.3, 0.4) is 0 Å². The number of carbonyl (C=O) groups is 1. The van der Waals surface area contributed by atoms with Gasteiger partial charge in [0, 0.05) is 9.50 Å². The maximum atomic E-state index is 10.8. The minimum absolute atomic E-state index is 0.573. The van der Waals surface area contributed by atoms with Crippen molar-refractivity contribution in [1.29, 1.82) is 0 Å². The van der Waals surface area contributed by atoms with Gasteiger partial charge in [-0.2, -0.15) is 0 Å². The summed E-state index contributed by atoms with van der Waals surface area (Å²) in [5.41, 5.74) is 5.67. The van der Waals surface area contributed by atoms with Crippen LogP contribution in [-0.2, 0) is 4.79 Å². The van der Waals surface area contributed by atoms with Crippen LogP contribution in [0, 0.1) is 0 Å². The molecular formula is C8H6BrCl2NO. The van der Waals surface area contributed by atoms with Crippen LogP contribution >= 0.6 is 39.1 Å². The molecule has 0 saturated carbocycles. The van der Waals surface area contributed by atoms with Crippen molar-refractivity contribution in [2.45, 2.75) is 5.38 Å². The number of hydrogen-bond acceptors (Lipinski definition) is 1. The van der Waals surface area contributed by atoms with Gasteiger partial charge < -0.3 is 5.73 Å². The molecule has 2 nitrogen and oxygen atoms in total. The quantitative estimate of drug-likeness (QED) is 0.833. The molecule has 1 aromatic rings. The fourth-order valence-electron chi connectivity index (χ4n) is 0.860. The third kappa shape index (κ3) is 2.59. The first kappa shape index (κ1) is 10.8. The summed E-state index contributed by atoms with van der Waals surface area (Å²) in [4.78, 5) is 10.8. The fraction of sp³-hybridized carbons (Fsp3) is 0.125. The Morgan fingerprint density at radius 2 is 2.15 bits per heavy atom. The van der Waals surface area contributed by atoms with E-state index in [2.05, 4.69) is 15.9 Å². The van der Waals surface area contributed by atoms with E-state index in [1.165, 1.54) is 0 Å². The first-order chi connectivity index (χ1) is 6.02. The summed E-state index contributed by atoms with van der Waals surface area (Å²) < 4.78 is 0.679. The molecule has 5 heteroatoms. The average molecular weight is 283 g/mol. The Morgan fingerprint density at radius 1 is 1.54 bits per heavy atom. The third-order valence-electron chi connectivity index (χ3n) is 1.49. The second-order valence-electron chi connectivity index (χ2n) is 2.43. The lowest BCUT2D eigenvalue weighted by molar-refractivity contribution is -0.117. The second kappa shape index (κ2) is 4.31. The number of halogens is 3.